The maximum atomic E-state index is 12.5. The predicted octanol–water partition coefficient (Wildman–Crippen LogP) is 0.667. The van der Waals surface area contributed by atoms with Gasteiger partial charge in [0.25, 0.3) is 11.7 Å². The average molecular weight is 277 g/mol. The van der Waals surface area contributed by atoms with Gasteiger partial charge in [-0.2, -0.15) is 10.1 Å². The molecule has 1 N–H and O–H groups in total. The molecule has 7 nitrogen and oxygen atoms in total. The van der Waals surface area contributed by atoms with Gasteiger partial charge in [0.2, 0.25) is 0 Å². The fourth-order valence-corrected chi connectivity index (χ4v) is 2.05. The summed E-state index contributed by atoms with van der Waals surface area (Å²) in [5, 5.41) is 13.2. The Morgan fingerprint density at radius 3 is 2.90 bits per heavy atom. The van der Waals surface area contributed by atoms with E-state index in [0.717, 1.165) is 12.8 Å². The highest BCUT2D eigenvalue weighted by atomic mass is 16.3. The molecule has 0 aliphatic heterocycles. The molecule has 0 radical (unpaired) electrons. The van der Waals surface area contributed by atoms with Gasteiger partial charge in [-0.25, -0.2) is 9.50 Å². The molecule has 0 aliphatic rings. The lowest BCUT2D eigenvalue weighted by Crippen LogP contribution is -2.35. The number of carbonyl (C=O) groups is 1. The number of fused-ring (bicyclic) bond motifs is 1. The Morgan fingerprint density at radius 1 is 1.40 bits per heavy atom. The minimum Gasteiger partial charge on any atom is -0.395 e. The third-order valence-corrected chi connectivity index (χ3v) is 3.22. The smallest absolute Gasteiger partial charge is 0.257 e. The summed E-state index contributed by atoms with van der Waals surface area (Å²) >= 11 is 0. The number of hydrogen-bond acceptors (Lipinski definition) is 5. The Morgan fingerprint density at radius 2 is 2.20 bits per heavy atom. The van der Waals surface area contributed by atoms with Gasteiger partial charge >= 0.3 is 0 Å². The zero-order chi connectivity index (χ0) is 14.5. The van der Waals surface area contributed by atoms with Crippen molar-refractivity contribution in [3.63, 3.8) is 0 Å². The zero-order valence-electron chi connectivity index (χ0n) is 11.8. The summed E-state index contributed by atoms with van der Waals surface area (Å²) in [6, 6.07) is 0. The molecule has 0 saturated heterocycles. The molecule has 0 saturated carbocycles. The second-order valence-corrected chi connectivity index (χ2v) is 4.60. The van der Waals surface area contributed by atoms with Crippen molar-refractivity contribution in [2.75, 3.05) is 19.7 Å². The van der Waals surface area contributed by atoms with Gasteiger partial charge in [0, 0.05) is 19.3 Å². The maximum absolute atomic E-state index is 12.5. The van der Waals surface area contributed by atoms with Crippen LogP contribution in [0.3, 0.4) is 0 Å². The van der Waals surface area contributed by atoms with E-state index in [0.29, 0.717) is 30.1 Å². The van der Waals surface area contributed by atoms with Crippen LogP contribution < -0.4 is 0 Å². The highest BCUT2D eigenvalue weighted by molar-refractivity contribution is 5.95. The van der Waals surface area contributed by atoms with Gasteiger partial charge in [-0.15, -0.1) is 0 Å². The molecule has 0 bridgehead atoms. The molecule has 0 aromatic carbocycles. The third-order valence-electron chi connectivity index (χ3n) is 3.22. The number of nitrogens with zero attached hydrogens (tertiary/aromatic N) is 5. The molecule has 0 spiro atoms. The topological polar surface area (TPSA) is 83.6 Å². The number of carbonyl (C=O) groups excluding carboxylic acids is 1. The number of aryl methyl sites for hydroxylation is 1. The first kappa shape index (κ1) is 14.4. The maximum Gasteiger partial charge on any atom is 0.257 e. The van der Waals surface area contributed by atoms with Gasteiger partial charge in [-0.1, -0.05) is 13.3 Å². The van der Waals surface area contributed by atoms with E-state index in [1.165, 1.54) is 12.5 Å². The minimum atomic E-state index is -0.130. The minimum absolute atomic E-state index is 0.0481. The van der Waals surface area contributed by atoms with Crippen molar-refractivity contribution in [1.82, 2.24) is 24.5 Å². The quantitative estimate of drug-likeness (QED) is 0.839. The average Bonchev–Trinajstić information content (AvgIpc) is 2.92. The number of rotatable bonds is 6. The van der Waals surface area contributed by atoms with Crippen LogP contribution in [0.5, 0.6) is 0 Å². The molecular weight excluding hydrogens is 258 g/mol. The molecule has 0 aliphatic carbocycles. The fraction of sp³-hybridized carbons (Fsp3) is 0.538. The van der Waals surface area contributed by atoms with Crippen molar-refractivity contribution in [2.24, 2.45) is 0 Å². The molecule has 20 heavy (non-hydrogen) atoms. The van der Waals surface area contributed by atoms with Crippen LogP contribution in [0.2, 0.25) is 0 Å². The summed E-state index contributed by atoms with van der Waals surface area (Å²) in [7, 11) is 0. The van der Waals surface area contributed by atoms with Gasteiger partial charge in [0.1, 0.15) is 6.33 Å². The summed E-state index contributed by atoms with van der Waals surface area (Å²) in [6.45, 7) is 4.79. The molecule has 2 heterocycles. The monoisotopic (exact) mass is 277 g/mol. The van der Waals surface area contributed by atoms with Gasteiger partial charge in [-0.3, -0.25) is 4.79 Å². The molecule has 0 fully saturated rings. The first-order valence-electron chi connectivity index (χ1n) is 6.74. The zero-order valence-corrected chi connectivity index (χ0v) is 11.8. The van der Waals surface area contributed by atoms with Crippen molar-refractivity contribution >= 4 is 11.7 Å². The fourth-order valence-electron chi connectivity index (χ4n) is 2.05. The first-order valence-corrected chi connectivity index (χ1v) is 6.74. The van der Waals surface area contributed by atoms with Crippen molar-refractivity contribution in [3.05, 3.63) is 23.8 Å². The molecule has 2 aromatic heterocycles. The Kier molecular flexibility index (Phi) is 4.62. The third kappa shape index (κ3) is 2.77. The molecule has 0 unspecified atom stereocenters. The summed E-state index contributed by atoms with van der Waals surface area (Å²) in [5.41, 5.74) is 1.20. The first-order chi connectivity index (χ1) is 9.69. The Bertz CT molecular complexity index is 595. The van der Waals surface area contributed by atoms with Crippen molar-refractivity contribution in [1.29, 1.82) is 0 Å². The van der Waals surface area contributed by atoms with Crippen molar-refractivity contribution in [3.8, 4) is 0 Å². The van der Waals surface area contributed by atoms with E-state index in [1.807, 2.05) is 6.92 Å². The lowest BCUT2D eigenvalue weighted by molar-refractivity contribution is 0.0717. The number of unbranched alkanes of at least 4 members (excludes halogenated alkanes) is 1. The van der Waals surface area contributed by atoms with Gasteiger partial charge in [-0.05, 0) is 13.3 Å². The molecule has 108 valence electrons. The van der Waals surface area contributed by atoms with Crippen LogP contribution in [0.15, 0.2) is 12.5 Å². The van der Waals surface area contributed by atoms with E-state index < -0.39 is 0 Å². The number of aliphatic hydroxyl groups excluding tert-OH is 1. The van der Waals surface area contributed by atoms with E-state index in [1.54, 1.807) is 9.42 Å². The number of aromatic nitrogens is 4. The summed E-state index contributed by atoms with van der Waals surface area (Å²) in [4.78, 5) is 22.3. The lowest BCUT2D eigenvalue weighted by atomic mass is 10.2. The summed E-state index contributed by atoms with van der Waals surface area (Å²) < 4.78 is 1.55. The second kappa shape index (κ2) is 6.42. The van der Waals surface area contributed by atoms with Crippen LogP contribution in [0.4, 0.5) is 0 Å². The predicted molar refractivity (Wildman–Crippen MR) is 73.4 cm³/mol. The van der Waals surface area contributed by atoms with Gasteiger partial charge < -0.3 is 10.0 Å². The van der Waals surface area contributed by atoms with E-state index in [4.69, 9.17) is 5.11 Å². The Hall–Kier alpha value is -2.02. The van der Waals surface area contributed by atoms with Gasteiger partial charge in [0.15, 0.2) is 0 Å². The van der Waals surface area contributed by atoms with E-state index in [-0.39, 0.29) is 12.5 Å². The van der Waals surface area contributed by atoms with Crippen LogP contribution in [-0.4, -0.2) is 55.2 Å². The standard InChI is InChI=1S/C13H19N5O2/c1-3-4-5-17(6-7-19)12(20)11-8-14-13-15-9-16-18(13)10(11)2/h8-9,19H,3-7H2,1-2H3. The van der Waals surface area contributed by atoms with Crippen LogP contribution in [0.1, 0.15) is 35.8 Å². The molecule has 1 amide bonds. The van der Waals surface area contributed by atoms with Gasteiger partial charge in [0.05, 0.1) is 17.9 Å². The molecule has 7 heteroatoms. The highest BCUT2D eigenvalue weighted by Gasteiger charge is 2.19. The molecule has 0 atom stereocenters. The summed E-state index contributed by atoms with van der Waals surface area (Å²) in [5.74, 6) is 0.344. The summed E-state index contributed by atoms with van der Waals surface area (Å²) in [6.07, 6.45) is 4.84. The number of amides is 1. The largest absolute Gasteiger partial charge is 0.395 e. The van der Waals surface area contributed by atoms with Crippen LogP contribution in [0, 0.1) is 6.92 Å². The van der Waals surface area contributed by atoms with Crippen LogP contribution >= 0.6 is 0 Å². The van der Waals surface area contributed by atoms with Crippen molar-refractivity contribution < 1.29 is 9.90 Å². The molecular formula is C13H19N5O2. The second-order valence-electron chi connectivity index (χ2n) is 4.60. The normalized spacial score (nSPS) is 10.9. The molecule has 2 rings (SSSR count). The van der Waals surface area contributed by atoms with E-state index in [2.05, 4.69) is 22.0 Å². The molecule has 2 aromatic rings. The number of aliphatic hydroxyl groups is 1. The van der Waals surface area contributed by atoms with E-state index in [9.17, 15) is 4.79 Å². The van der Waals surface area contributed by atoms with Crippen LogP contribution in [0.25, 0.3) is 5.78 Å². The SMILES string of the molecule is CCCCN(CCO)C(=O)c1cnc2ncnn2c1C. The van der Waals surface area contributed by atoms with Crippen LogP contribution in [-0.2, 0) is 0 Å². The Labute approximate surface area is 117 Å². The van der Waals surface area contributed by atoms with Crippen molar-refractivity contribution in [2.45, 2.75) is 26.7 Å². The lowest BCUT2D eigenvalue weighted by Gasteiger charge is -2.22. The highest BCUT2D eigenvalue weighted by Crippen LogP contribution is 2.11. The number of hydrogen-bond donors (Lipinski definition) is 1. The van der Waals surface area contributed by atoms with E-state index >= 15 is 0 Å². The Balaban J connectivity index is 2.30.